The fourth-order valence-electron chi connectivity index (χ4n) is 3.56. The fraction of sp³-hybridized carbons (Fsp3) is 0.227. The number of carbonyl (C=O) groups is 1. The van der Waals surface area contributed by atoms with E-state index in [-0.39, 0.29) is 40.1 Å². The van der Waals surface area contributed by atoms with Crippen LogP contribution >= 0.6 is 0 Å². The molecule has 0 atom stereocenters. The summed E-state index contributed by atoms with van der Waals surface area (Å²) in [6.07, 6.45) is 2.17. The highest BCUT2D eigenvalue weighted by atomic mass is 19.1. The molecule has 4 rings (SSSR count). The summed E-state index contributed by atoms with van der Waals surface area (Å²) >= 11 is 0. The number of rotatable bonds is 6. The van der Waals surface area contributed by atoms with Gasteiger partial charge < -0.3 is 20.0 Å². The first kappa shape index (κ1) is 21.8. The molecule has 0 bridgehead atoms. The van der Waals surface area contributed by atoms with Crippen LogP contribution in [0, 0.1) is 24.1 Å². The Hall–Kier alpha value is -4.46. The zero-order valence-electron chi connectivity index (χ0n) is 17.9. The van der Waals surface area contributed by atoms with E-state index < -0.39 is 11.7 Å². The summed E-state index contributed by atoms with van der Waals surface area (Å²) in [6, 6.07) is 7.64. The molecule has 1 aromatic carbocycles. The van der Waals surface area contributed by atoms with Crippen LogP contribution in [0.3, 0.4) is 0 Å². The first-order valence-electron chi connectivity index (χ1n) is 10.1. The number of fused-ring (bicyclic) bond motifs is 1. The van der Waals surface area contributed by atoms with E-state index in [1.165, 1.54) is 39.8 Å². The first-order valence-corrected chi connectivity index (χ1v) is 10.1. The summed E-state index contributed by atoms with van der Waals surface area (Å²) in [4.78, 5) is 29.2. The number of nitrogens with one attached hydrogen (secondary N) is 1. The molecule has 0 aliphatic carbocycles. The van der Waals surface area contributed by atoms with Gasteiger partial charge in [0.25, 0.3) is 11.5 Å². The second kappa shape index (κ2) is 8.58. The van der Waals surface area contributed by atoms with Gasteiger partial charge in [-0.15, -0.1) is 0 Å². The third-order valence-electron chi connectivity index (χ3n) is 5.23. The summed E-state index contributed by atoms with van der Waals surface area (Å²) < 4.78 is 21.3. The molecular weight excluding hydrogens is 429 g/mol. The van der Waals surface area contributed by atoms with Crippen molar-refractivity contribution in [3.63, 3.8) is 0 Å². The van der Waals surface area contributed by atoms with Crippen molar-refractivity contribution in [1.82, 2.24) is 24.6 Å². The van der Waals surface area contributed by atoms with Gasteiger partial charge in [-0.2, -0.15) is 10.4 Å². The maximum Gasteiger partial charge on any atom is 0.265 e. The molecule has 33 heavy (non-hydrogen) atoms. The van der Waals surface area contributed by atoms with Crippen molar-refractivity contribution < 1.29 is 13.6 Å². The Labute approximate surface area is 187 Å². The minimum atomic E-state index is -0.451. The first-order chi connectivity index (χ1) is 15.8. The molecular formula is C22H20FN7O3. The van der Waals surface area contributed by atoms with Gasteiger partial charge in [0, 0.05) is 13.6 Å². The highest BCUT2D eigenvalue weighted by Gasteiger charge is 2.22. The van der Waals surface area contributed by atoms with E-state index in [2.05, 4.69) is 21.5 Å². The summed E-state index contributed by atoms with van der Waals surface area (Å²) in [5.41, 5.74) is 7.19. The molecule has 0 spiro atoms. The Balaban J connectivity index is 1.47. The number of nitrogens with zero attached hydrogens (tertiary/aromatic N) is 5. The van der Waals surface area contributed by atoms with Crippen molar-refractivity contribution in [1.29, 1.82) is 5.26 Å². The van der Waals surface area contributed by atoms with Crippen molar-refractivity contribution in [2.75, 3.05) is 12.3 Å². The summed E-state index contributed by atoms with van der Waals surface area (Å²) in [7, 11) is 1.54. The minimum absolute atomic E-state index is 0.112. The van der Waals surface area contributed by atoms with E-state index in [0.717, 1.165) is 0 Å². The molecule has 0 unspecified atom stereocenters. The lowest BCUT2D eigenvalue weighted by atomic mass is 10.1. The second-order valence-electron chi connectivity index (χ2n) is 7.44. The Bertz CT molecular complexity index is 1460. The molecule has 0 fully saturated rings. The Morgan fingerprint density at radius 3 is 2.76 bits per heavy atom. The average molecular weight is 449 g/mol. The van der Waals surface area contributed by atoms with Crippen LogP contribution < -0.4 is 16.6 Å². The van der Waals surface area contributed by atoms with Gasteiger partial charge in [0.05, 0.1) is 16.9 Å². The fourth-order valence-corrected chi connectivity index (χ4v) is 3.56. The normalized spacial score (nSPS) is 11.0. The largest absolute Gasteiger partial charge is 0.442 e. The maximum absolute atomic E-state index is 13.2. The Kier molecular flexibility index (Phi) is 5.66. The highest BCUT2D eigenvalue weighted by molar-refractivity contribution is 6.06. The molecule has 0 aliphatic heterocycles. The maximum atomic E-state index is 13.2. The molecule has 168 valence electrons. The van der Waals surface area contributed by atoms with E-state index in [4.69, 9.17) is 10.2 Å². The lowest BCUT2D eigenvalue weighted by Gasteiger charge is -2.04. The third kappa shape index (κ3) is 3.94. The van der Waals surface area contributed by atoms with Crippen LogP contribution in [0.1, 0.15) is 33.8 Å². The van der Waals surface area contributed by atoms with Crippen LogP contribution in [0.25, 0.3) is 16.8 Å². The van der Waals surface area contributed by atoms with E-state index in [0.29, 0.717) is 30.0 Å². The van der Waals surface area contributed by atoms with E-state index in [1.54, 1.807) is 14.0 Å². The Morgan fingerprint density at radius 2 is 2.06 bits per heavy atom. The number of nitrogens with two attached hydrogens (primary N) is 1. The topological polar surface area (TPSA) is 145 Å². The molecule has 0 saturated carbocycles. The summed E-state index contributed by atoms with van der Waals surface area (Å²) in [6.45, 7) is 1.86. The van der Waals surface area contributed by atoms with Gasteiger partial charge in [-0.05, 0) is 44.0 Å². The van der Waals surface area contributed by atoms with Crippen molar-refractivity contribution in [2.45, 2.75) is 19.8 Å². The number of furan rings is 1. The highest BCUT2D eigenvalue weighted by Crippen LogP contribution is 2.22. The van der Waals surface area contributed by atoms with Crippen molar-refractivity contribution in [2.24, 2.45) is 7.05 Å². The number of hydrogen-bond acceptors (Lipinski definition) is 7. The quantitative estimate of drug-likeness (QED) is 0.428. The van der Waals surface area contributed by atoms with Crippen LogP contribution in [-0.4, -0.2) is 31.8 Å². The lowest BCUT2D eigenvalue weighted by molar-refractivity contribution is 0.0953. The van der Waals surface area contributed by atoms with Crippen molar-refractivity contribution >= 4 is 22.8 Å². The molecule has 4 aromatic rings. The molecule has 0 aliphatic rings. The number of carbonyl (C=O) groups excluding carboxylic acids is 1. The number of halogens is 1. The smallest absolute Gasteiger partial charge is 0.265 e. The van der Waals surface area contributed by atoms with Crippen molar-refractivity contribution in [3.8, 4) is 11.8 Å². The number of benzene rings is 1. The molecule has 1 amide bonds. The van der Waals surface area contributed by atoms with E-state index >= 15 is 0 Å². The predicted octanol–water partition coefficient (Wildman–Crippen LogP) is 1.98. The van der Waals surface area contributed by atoms with E-state index in [1.807, 2.05) is 0 Å². The molecule has 3 heterocycles. The number of anilines is 1. The molecule has 0 radical (unpaired) electrons. The number of aryl methyl sites for hydroxylation is 3. The molecule has 10 nitrogen and oxygen atoms in total. The average Bonchev–Trinajstić information content (AvgIpc) is 3.30. The predicted molar refractivity (Wildman–Crippen MR) is 117 cm³/mol. The van der Waals surface area contributed by atoms with Gasteiger partial charge in [-0.1, -0.05) is 0 Å². The lowest BCUT2D eigenvalue weighted by Crippen LogP contribution is -2.27. The van der Waals surface area contributed by atoms with Crippen LogP contribution in [0.5, 0.6) is 0 Å². The van der Waals surface area contributed by atoms with Gasteiger partial charge in [-0.3, -0.25) is 9.59 Å². The number of amides is 1. The standard InChI is InChI=1S/C22H20FN7O3/c1-12-17(18-21(33-12)27-11-29(2)22(18)32)20(31)26-9-3-4-16-15(10-24)19(25)30(28-16)14-7-5-13(23)6-8-14/h5-8,11H,3-4,9,25H2,1-2H3,(H,26,31). The van der Waals surface area contributed by atoms with Crippen LogP contribution in [0.4, 0.5) is 10.2 Å². The van der Waals surface area contributed by atoms with Gasteiger partial charge in [0.1, 0.15) is 40.7 Å². The van der Waals surface area contributed by atoms with Gasteiger partial charge in [0.2, 0.25) is 5.71 Å². The molecule has 11 heteroatoms. The Morgan fingerprint density at radius 1 is 1.33 bits per heavy atom. The summed E-state index contributed by atoms with van der Waals surface area (Å²) in [5, 5.41) is 16.8. The zero-order chi connectivity index (χ0) is 23.7. The third-order valence-corrected chi connectivity index (χ3v) is 5.23. The molecule has 3 N–H and O–H groups in total. The minimum Gasteiger partial charge on any atom is -0.442 e. The monoisotopic (exact) mass is 449 g/mol. The number of hydrogen-bond donors (Lipinski definition) is 2. The van der Waals surface area contributed by atoms with Gasteiger partial charge in [0.15, 0.2) is 0 Å². The number of nitrogen functional groups attached to an aromatic ring is 1. The SMILES string of the molecule is Cc1oc2ncn(C)c(=O)c2c1C(=O)NCCCc1nn(-c2ccc(F)cc2)c(N)c1C#N. The second-order valence-corrected chi connectivity index (χ2v) is 7.44. The molecule has 0 saturated heterocycles. The van der Waals surface area contributed by atoms with Crippen molar-refractivity contribution in [3.05, 3.63) is 69.3 Å². The van der Waals surface area contributed by atoms with Crippen LogP contribution in [-0.2, 0) is 13.5 Å². The zero-order valence-corrected chi connectivity index (χ0v) is 17.9. The van der Waals surface area contributed by atoms with Gasteiger partial charge >= 0.3 is 0 Å². The van der Waals surface area contributed by atoms with Crippen LogP contribution in [0.2, 0.25) is 0 Å². The van der Waals surface area contributed by atoms with E-state index in [9.17, 15) is 19.2 Å². The van der Waals surface area contributed by atoms with Gasteiger partial charge in [-0.25, -0.2) is 14.1 Å². The number of nitriles is 1. The van der Waals surface area contributed by atoms with Crippen LogP contribution in [0.15, 0.2) is 39.8 Å². The number of aromatic nitrogens is 4. The molecule has 3 aromatic heterocycles. The summed E-state index contributed by atoms with van der Waals surface area (Å²) in [5.74, 6) is -0.383.